The van der Waals surface area contributed by atoms with Gasteiger partial charge in [-0.2, -0.15) is 0 Å². The Balaban J connectivity index is 2.55. The molecule has 150 valence electrons. The maximum Gasteiger partial charge on any atom is 0.326 e. The maximum atomic E-state index is 13.3. The molecule has 1 atom stereocenters. The van der Waals surface area contributed by atoms with Crippen molar-refractivity contribution < 1.29 is 24.2 Å². The molecule has 0 saturated carbocycles. The summed E-state index contributed by atoms with van der Waals surface area (Å²) in [5.41, 5.74) is 0.767. The molecule has 6 nitrogen and oxygen atoms in total. The molecule has 0 saturated heterocycles. The van der Waals surface area contributed by atoms with E-state index in [0.717, 1.165) is 6.42 Å². The van der Waals surface area contributed by atoms with Gasteiger partial charge in [0.15, 0.2) is 11.5 Å². The second-order valence-corrected chi connectivity index (χ2v) is 6.65. The SMILES string of the molecule is CCCC[C@@H](C(=O)O)N(C(=O)c1ccc(Cl)cc1)c1ccc(OC)c(OC)c1. The topological polar surface area (TPSA) is 76.1 Å². The lowest BCUT2D eigenvalue weighted by Crippen LogP contribution is -2.45. The highest BCUT2D eigenvalue weighted by atomic mass is 35.5. The zero-order chi connectivity index (χ0) is 20.7. The molecule has 0 aliphatic heterocycles. The molecule has 7 heteroatoms. The van der Waals surface area contributed by atoms with Gasteiger partial charge in [0.1, 0.15) is 6.04 Å². The van der Waals surface area contributed by atoms with E-state index in [1.165, 1.54) is 19.1 Å². The first-order chi connectivity index (χ1) is 13.4. The molecule has 0 aromatic heterocycles. The lowest BCUT2D eigenvalue weighted by atomic mass is 10.0. The zero-order valence-electron chi connectivity index (χ0n) is 16.1. The number of rotatable bonds is 9. The average molecular weight is 406 g/mol. The van der Waals surface area contributed by atoms with Crippen molar-refractivity contribution in [1.29, 1.82) is 0 Å². The Morgan fingerprint density at radius 3 is 2.25 bits per heavy atom. The Morgan fingerprint density at radius 2 is 1.71 bits per heavy atom. The molecule has 0 unspecified atom stereocenters. The summed E-state index contributed by atoms with van der Waals surface area (Å²) in [6.07, 6.45) is 1.83. The Bertz CT molecular complexity index is 822. The minimum atomic E-state index is -1.06. The van der Waals surface area contributed by atoms with Crippen molar-refractivity contribution in [3.05, 3.63) is 53.1 Å². The normalized spacial score (nSPS) is 11.6. The number of benzene rings is 2. The minimum Gasteiger partial charge on any atom is -0.493 e. The third kappa shape index (κ3) is 4.95. The van der Waals surface area contributed by atoms with Crippen LogP contribution < -0.4 is 14.4 Å². The average Bonchev–Trinajstić information content (AvgIpc) is 2.70. The van der Waals surface area contributed by atoms with E-state index < -0.39 is 17.9 Å². The van der Waals surface area contributed by atoms with E-state index in [1.54, 1.807) is 42.5 Å². The van der Waals surface area contributed by atoms with Crippen molar-refractivity contribution in [2.24, 2.45) is 0 Å². The predicted octanol–water partition coefficient (Wildman–Crippen LogP) is 4.65. The smallest absolute Gasteiger partial charge is 0.326 e. The summed E-state index contributed by atoms with van der Waals surface area (Å²) in [6, 6.07) is 10.3. The van der Waals surface area contributed by atoms with Gasteiger partial charge in [-0.3, -0.25) is 9.69 Å². The molecule has 28 heavy (non-hydrogen) atoms. The number of nitrogens with zero attached hydrogens (tertiary/aromatic N) is 1. The molecular weight excluding hydrogens is 382 g/mol. The van der Waals surface area contributed by atoms with Gasteiger partial charge in [-0.15, -0.1) is 0 Å². The van der Waals surface area contributed by atoms with Crippen LogP contribution in [-0.2, 0) is 4.79 Å². The number of unbranched alkanes of at least 4 members (excludes halogenated alkanes) is 1. The fourth-order valence-corrected chi connectivity index (χ4v) is 3.03. The van der Waals surface area contributed by atoms with Gasteiger partial charge >= 0.3 is 5.97 Å². The van der Waals surface area contributed by atoms with Crippen molar-refractivity contribution in [3.8, 4) is 11.5 Å². The molecule has 0 radical (unpaired) electrons. The molecule has 2 aromatic carbocycles. The Morgan fingerprint density at radius 1 is 1.07 bits per heavy atom. The molecule has 2 rings (SSSR count). The van der Waals surface area contributed by atoms with Crippen LogP contribution in [0.25, 0.3) is 0 Å². The number of anilines is 1. The highest BCUT2D eigenvalue weighted by molar-refractivity contribution is 6.30. The number of carbonyl (C=O) groups is 2. The standard InChI is InChI=1S/C21H24ClNO5/c1-4-5-6-17(21(25)26)23(20(24)14-7-9-15(22)10-8-14)16-11-12-18(27-2)19(13-16)28-3/h7-13,17H,4-6H2,1-3H3,(H,25,26)/t17-/m0/s1. The first-order valence-electron chi connectivity index (χ1n) is 8.96. The molecule has 0 spiro atoms. The third-order valence-corrected chi connectivity index (χ3v) is 4.64. The molecule has 0 aliphatic carbocycles. The number of hydrogen-bond donors (Lipinski definition) is 1. The van der Waals surface area contributed by atoms with E-state index in [0.29, 0.717) is 40.6 Å². The first kappa shape index (κ1) is 21.6. The lowest BCUT2D eigenvalue weighted by molar-refractivity contribution is -0.138. The summed E-state index contributed by atoms with van der Waals surface area (Å²) in [4.78, 5) is 26.6. The second kappa shape index (κ2) is 9.99. The largest absolute Gasteiger partial charge is 0.493 e. The number of amides is 1. The number of ether oxygens (including phenoxy) is 2. The van der Waals surface area contributed by atoms with Crippen LogP contribution >= 0.6 is 11.6 Å². The number of halogens is 1. The van der Waals surface area contributed by atoms with Gasteiger partial charge in [0.05, 0.1) is 14.2 Å². The van der Waals surface area contributed by atoms with Gasteiger partial charge in [-0.05, 0) is 42.8 Å². The van der Waals surface area contributed by atoms with Crippen LogP contribution in [0.3, 0.4) is 0 Å². The van der Waals surface area contributed by atoms with Crippen LogP contribution in [0, 0.1) is 0 Å². The molecular formula is C21H24ClNO5. The van der Waals surface area contributed by atoms with Gasteiger partial charge in [-0.25, -0.2) is 4.79 Å². The van der Waals surface area contributed by atoms with Gasteiger partial charge in [0.25, 0.3) is 5.91 Å². The van der Waals surface area contributed by atoms with Crippen LogP contribution in [0.2, 0.25) is 5.02 Å². The van der Waals surface area contributed by atoms with Crippen LogP contribution in [0.15, 0.2) is 42.5 Å². The summed E-state index contributed by atoms with van der Waals surface area (Å²) in [5, 5.41) is 10.3. The number of carboxylic acids is 1. The van der Waals surface area contributed by atoms with Gasteiger partial charge in [-0.1, -0.05) is 31.4 Å². The molecule has 0 bridgehead atoms. The van der Waals surface area contributed by atoms with Crippen LogP contribution in [0.4, 0.5) is 5.69 Å². The van der Waals surface area contributed by atoms with Crippen LogP contribution in [0.1, 0.15) is 36.5 Å². The number of hydrogen-bond acceptors (Lipinski definition) is 4. The van der Waals surface area contributed by atoms with Gasteiger partial charge < -0.3 is 14.6 Å². The van der Waals surface area contributed by atoms with Crippen molar-refractivity contribution in [3.63, 3.8) is 0 Å². The van der Waals surface area contributed by atoms with E-state index in [2.05, 4.69) is 0 Å². The molecule has 1 N–H and O–H groups in total. The van der Waals surface area contributed by atoms with Crippen molar-refractivity contribution >= 4 is 29.2 Å². The zero-order valence-corrected chi connectivity index (χ0v) is 16.9. The van der Waals surface area contributed by atoms with Gasteiger partial charge in [0.2, 0.25) is 0 Å². The number of methoxy groups -OCH3 is 2. The highest BCUT2D eigenvalue weighted by Crippen LogP contribution is 2.33. The van der Waals surface area contributed by atoms with E-state index in [9.17, 15) is 14.7 Å². The maximum absolute atomic E-state index is 13.3. The van der Waals surface area contributed by atoms with E-state index >= 15 is 0 Å². The fraction of sp³-hybridized carbons (Fsp3) is 0.333. The fourth-order valence-electron chi connectivity index (χ4n) is 2.91. The summed E-state index contributed by atoms with van der Waals surface area (Å²) < 4.78 is 10.6. The summed E-state index contributed by atoms with van der Waals surface area (Å²) in [7, 11) is 2.99. The molecule has 0 heterocycles. The summed E-state index contributed by atoms with van der Waals surface area (Å²) >= 11 is 5.92. The lowest BCUT2D eigenvalue weighted by Gasteiger charge is -2.30. The molecule has 1 amide bonds. The van der Waals surface area contributed by atoms with E-state index in [4.69, 9.17) is 21.1 Å². The van der Waals surface area contributed by atoms with Crippen LogP contribution in [-0.4, -0.2) is 37.2 Å². The van der Waals surface area contributed by atoms with Crippen LogP contribution in [0.5, 0.6) is 11.5 Å². The monoisotopic (exact) mass is 405 g/mol. The highest BCUT2D eigenvalue weighted by Gasteiger charge is 2.32. The summed E-state index contributed by atoms with van der Waals surface area (Å²) in [6.45, 7) is 1.97. The Hall–Kier alpha value is -2.73. The minimum absolute atomic E-state index is 0.333. The summed E-state index contributed by atoms with van der Waals surface area (Å²) in [5.74, 6) is -0.586. The van der Waals surface area contributed by atoms with E-state index in [1.807, 2.05) is 6.92 Å². The second-order valence-electron chi connectivity index (χ2n) is 6.22. The molecule has 2 aromatic rings. The predicted molar refractivity (Wildman–Crippen MR) is 109 cm³/mol. The Labute approximate surface area is 169 Å². The Kier molecular flexibility index (Phi) is 7.70. The number of carboxylic acid groups (broad SMARTS) is 1. The number of carbonyl (C=O) groups excluding carboxylic acids is 1. The molecule has 0 fully saturated rings. The van der Waals surface area contributed by atoms with Crippen molar-refractivity contribution in [2.45, 2.75) is 32.2 Å². The first-order valence-corrected chi connectivity index (χ1v) is 9.34. The van der Waals surface area contributed by atoms with Crippen molar-refractivity contribution in [1.82, 2.24) is 0 Å². The van der Waals surface area contributed by atoms with Gasteiger partial charge in [0, 0.05) is 22.3 Å². The quantitative estimate of drug-likeness (QED) is 0.657. The third-order valence-electron chi connectivity index (χ3n) is 4.38. The van der Waals surface area contributed by atoms with Crippen molar-refractivity contribution in [2.75, 3.05) is 19.1 Å². The number of aliphatic carboxylic acids is 1. The van der Waals surface area contributed by atoms with E-state index in [-0.39, 0.29) is 0 Å². The molecule has 0 aliphatic rings.